The number of fused-ring (bicyclic) bond motifs is 1. The van der Waals surface area contributed by atoms with Crippen LogP contribution in [0.1, 0.15) is 57.7 Å². The van der Waals surface area contributed by atoms with E-state index in [-0.39, 0.29) is 17.9 Å². The van der Waals surface area contributed by atoms with Crippen LogP contribution in [0.5, 0.6) is 0 Å². The third-order valence-electron chi connectivity index (χ3n) is 5.91. The molecule has 4 nitrogen and oxygen atoms in total. The zero-order valence-corrected chi connectivity index (χ0v) is 19.7. The van der Waals surface area contributed by atoms with Gasteiger partial charge in [-0.1, -0.05) is 67.9 Å². The smallest absolute Gasteiger partial charge is 0.254 e. The van der Waals surface area contributed by atoms with E-state index in [0.717, 1.165) is 16.9 Å². The molecule has 2 amide bonds. The second-order valence-electron chi connectivity index (χ2n) is 8.91. The molecule has 0 fully saturated rings. The summed E-state index contributed by atoms with van der Waals surface area (Å²) in [5, 5.41) is 5.18. The van der Waals surface area contributed by atoms with Crippen molar-refractivity contribution < 1.29 is 9.59 Å². The molecule has 4 rings (SSSR count). The fourth-order valence-electron chi connectivity index (χ4n) is 4.55. The average molecular weight is 447 g/mol. The minimum Gasteiger partial charge on any atom is -0.355 e. The highest BCUT2D eigenvalue weighted by atomic mass is 32.1. The van der Waals surface area contributed by atoms with Gasteiger partial charge in [0.2, 0.25) is 5.91 Å². The lowest BCUT2D eigenvalue weighted by Gasteiger charge is -2.42. The molecular weight excluding hydrogens is 416 g/mol. The van der Waals surface area contributed by atoms with Gasteiger partial charge >= 0.3 is 0 Å². The van der Waals surface area contributed by atoms with Crippen LogP contribution in [0.4, 0.5) is 0 Å². The predicted molar refractivity (Wildman–Crippen MR) is 130 cm³/mol. The molecule has 0 saturated heterocycles. The van der Waals surface area contributed by atoms with Gasteiger partial charge in [-0.15, -0.1) is 11.3 Å². The third kappa shape index (κ3) is 4.63. The Kier molecular flexibility index (Phi) is 6.75. The minimum atomic E-state index is -0.432. The SMILES string of the molecule is Cc1cccc(CCNC(=O)[C@@H]2c3ccccc3C(=O)N(CC(C)C)[C@@H]2c2cccs2)c1. The molecule has 0 unspecified atom stereocenters. The molecule has 1 N–H and O–H groups in total. The zero-order chi connectivity index (χ0) is 22.7. The van der Waals surface area contributed by atoms with Crippen molar-refractivity contribution in [2.75, 3.05) is 13.1 Å². The van der Waals surface area contributed by atoms with Crippen molar-refractivity contribution in [2.45, 2.75) is 39.2 Å². The van der Waals surface area contributed by atoms with Crippen molar-refractivity contribution in [3.8, 4) is 0 Å². The summed E-state index contributed by atoms with van der Waals surface area (Å²) in [6.07, 6.45) is 0.778. The lowest BCUT2D eigenvalue weighted by molar-refractivity contribution is -0.124. The van der Waals surface area contributed by atoms with Crippen LogP contribution >= 0.6 is 11.3 Å². The highest BCUT2D eigenvalue weighted by molar-refractivity contribution is 7.10. The molecule has 1 aliphatic rings. The number of thiophene rings is 1. The van der Waals surface area contributed by atoms with Gasteiger partial charge in [-0.05, 0) is 47.9 Å². The number of rotatable bonds is 7. The maximum Gasteiger partial charge on any atom is 0.254 e. The highest BCUT2D eigenvalue weighted by Crippen LogP contribution is 2.44. The molecule has 0 spiro atoms. The largest absolute Gasteiger partial charge is 0.355 e. The maximum atomic E-state index is 13.6. The Morgan fingerprint density at radius 2 is 1.91 bits per heavy atom. The molecule has 0 radical (unpaired) electrons. The second kappa shape index (κ2) is 9.70. The second-order valence-corrected chi connectivity index (χ2v) is 9.89. The monoisotopic (exact) mass is 446 g/mol. The molecule has 0 bridgehead atoms. The van der Waals surface area contributed by atoms with Gasteiger partial charge in [0.1, 0.15) is 0 Å². The van der Waals surface area contributed by atoms with Gasteiger partial charge < -0.3 is 10.2 Å². The molecule has 1 aliphatic heterocycles. The summed E-state index contributed by atoms with van der Waals surface area (Å²) in [6, 6.07) is 19.7. The Labute approximate surface area is 194 Å². The van der Waals surface area contributed by atoms with Crippen molar-refractivity contribution in [3.63, 3.8) is 0 Å². The number of amides is 2. The lowest BCUT2D eigenvalue weighted by atomic mass is 9.81. The van der Waals surface area contributed by atoms with E-state index in [2.05, 4.69) is 44.3 Å². The number of nitrogens with zero attached hydrogens (tertiary/aromatic N) is 1. The van der Waals surface area contributed by atoms with Gasteiger partial charge in [-0.2, -0.15) is 0 Å². The van der Waals surface area contributed by atoms with E-state index in [0.29, 0.717) is 24.6 Å². The van der Waals surface area contributed by atoms with Crippen LogP contribution < -0.4 is 5.32 Å². The van der Waals surface area contributed by atoms with Crippen molar-refractivity contribution >= 4 is 23.2 Å². The quantitative estimate of drug-likeness (QED) is 0.532. The van der Waals surface area contributed by atoms with Crippen LogP contribution in [0.25, 0.3) is 0 Å². The van der Waals surface area contributed by atoms with E-state index >= 15 is 0 Å². The number of carbonyl (C=O) groups excluding carboxylic acids is 2. The lowest BCUT2D eigenvalue weighted by Crippen LogP contribution is -2.48. The number of benzene rings is 2. The van der Waals surface area contributed by atoms with Crippen molar-refractivity contribution in [1.29, 1.82) is 0 Å². The molecule has 0 saturated carbocycles. The first-order valence-electron chi connectivity index (χ1n) is 11.2. The summed E-state index contributed by atoms with van der Waals surface area (Å²) in [5.74, 6) is -0.142. The standard InChI is InChI=1S/C27H30N2O2S/c1-18(2)17-29-25(23-12-7-15-32-23)24(21-10-4-5-11-22(21)27(29)31)26(30)28-14-13-20-9-6-8-19(3)16-20/h4-12,15-16,18,24-25H,13-14,17H2,1-3H3,(H,28,30)/t24-,25-/m1/s1. The van der Waals surface area contributed by atoms with E-state index in [4.69, 9.17) is 0 Å². The number of hydrogen-bond acceptors (Lipinski definition) is 3. The predicted octanol–water partition coefficient (Wildman–Crippen LogP) is 5.35. The molecule has 32 heavy (non-hydrogen) atoms. The molecule has 5 heteroatoms. The Morgan fingerprint density at radius 3 is 2.62 bits per heavy atom. The van der Waals surface area contributed by atoms with Crippen molar-refractivity contribution in [3.05, 3.63) is 93.2 Å². The van der Waals surface area contributed by atoms with Crippen LogP contribution in [0.2, 0.25) is 0 Å². The van der Waals surface area contributed by atoms with Crippen molar-refractivity contribution in [2.24, 2.45) is 5.92 Å². The van der Waals surface area contributed by atoms with Crippen LogP contribution in [0.15, 0.2) is 66.0 Å². The summed E-state index contributed by atoms with van der Waals surface area (Å²) in [4.78, 5) is 30.0. The molecule has 1 aromatic heterocycles. The summed E-state index contributed by atoms with van der Waals surface area (Å²) < 4.78 is 0. The molecule has 3 aromatic rings. The Hall–Kier alpha value is -2.92. The first-order chi connectivity index (χ1) is 15.5. The van der Waals surface area contributed by atoms with E-state index in [9.17, 15) is 9.59 Å². The maximum absolute atomic E-state index is 13.6. The summed E-state index contributed by atoms with van der Waals surface area (Å²) in [7, 11) is 0. The van der Waals surface area contributed by atoms with Crippen molar-refractivity contribution in [1.82, 2.24) is 10.2 Å². The molecule has 2 heterocycles. The Morgan fingerprint density at radius 1 is 1.09 bits per heavy atom. The first kappa shape index (κ1) is 22.3. The van der Waals surface area contributed by atoms with Crippen LogP contribution in [-0.4, -0.2) is 29.8 Å². The van der Waals surface area contributed by atoms with Crippen LogP contribution in [0.3, 0.4) is 0 Å². The first-order valence-corrected chi connectivity index (χ1v) is 12.1. The number of carbonyl (C=O) groups is 2. The van der Waals surface area contributed by atoms with Gasteiger partial charge in [0.25, 0.3) is 5.91 Å². The van der Waals surface area contributed by atoms with Crippen LogP contribution in [-0.2, 0) is 11.2 Å². The fourth-order valence-corrected chi connectivity index (χ4v) is 5.43. The average Bonchev–Trinajstić information content (AvgIpc) is 3.29. The molecule has 166 valence electrons. The molecule has 0 aliphatic carbocycles. The zero-order valence-electron chi connectivity index (χ0n) is 18.9. The fraction of sp³-hybridized carbons (Fsp3) is 0.333. The van der Waals surface area contributed by atoms with Gasteiger partial charge in [0.15, 0.2) is 0 Å². The normalized spacial score (nSPS) is 18.0. The summed E-state index contributed by atoms with van der Waals surface area (Å²) in [5.41, 5.74) is 3.89. The van der Waals surface area contributed by atoms with E-state index in [1.165, 1.54) is 11.1 Å². The Balaban J connectivity index is 1.65. The van der Waals surface area contributed by atoms with E-state index < -0.39 is 5.92 Å². The molecular formula is C27H30N2O2S. The van der Waals surface area contributed by atoms with E-state index in [1.54, 1.807) is 11.3 Å². The number of hydrogen-bond donors (Lipinski definition) is 1. The van der Waals surface area contributed by atoms with Gasteiger partial charge in [0.05, 0.1) is 12.0 Å². The number of nitrogens with one attached hydrogen (secondary N) is 1. The van der Waals surface area contributed by atoms with Gasteiger partial charge in [-0.3, -0.25) is 9.59 Å². The van der Waals surface area contributed by atoms with E-state index in [1.807, 2.05) is 52.7 Å². The molecule has 2 atom stereocenters. The topological polar surface area (TPSA) is 49.4 Å². The minimum absolute atomic E-state index is 0.0107. The summed E-state index contributed by atoms with van der Waals surface area (Å²) in [6.45, 7) is 7.47. The third-order valence-corrected chi connectivity index (χ3v) is 6.86. The Bertz CT molecular complexity index is 1090. The van der Waals surface area contributed by atoms with Gasteiger partial charge in [-0.25, -0.2) is 0 Å². The van der Waals surface area contributed by atoms with Gasteiger partial charge in [0, 0.05) is 23.5 Å². The summed E-state index contributed by atoms with van der Waals surface area (Å²) >= 11 is 1.61. The highest BCUT2D eigenvalue weighted by Gasteiger charge is 2.44. The van der Waals surface area contributed by atoms with Crippen LogP contribution in [0, 0.1) is 12.8 Å². The molecule has 2 aromatic carbocycles. The number of aryl methyl sites for hydroxylation is 1.